The maximum absolute atomic E-state index is 12.1. The predicted molar refractivity (Wildman–Crippen MR) is 80.6 cm³/mol. The van der Waals surface area contributed by atoms with Gasteiger partial charge in [0, 0.05) is 18.1 Å². The van der Waals surface area contributed by atoms with Gasteiger partial charge in [0.15, 0.2) is 0 Å². The van der Waals surface area contributed by atoms with Gasteiger partial charge in [-0.25, -0.2) is 9.78 Å². The average molecular weight is 325 g/mol. The molecule has 2 atom stereocenters. The second-order valence-corrected chi connectivity index (χ2v) is 7.36. The van der Waals surface area contributed by atoms with E-state index in [2.05, 4.69) is 10.1 Å². The van der Waals surface area contributed by atoms with Crippen molar-refractivity contribution in [2.24, 2.45) is 5.16 Å². The zero-order valence-corrected chi connectivity index (χ0v) is 13.6. The number of ether oxygens (including phenoxy) is 1. The lowest BCUT2D eigenvalue weighted by Gasteiger charge is -2.46. The molecule has 0 spiro atoms. The Hall–Kier alpha value is -1.67. The van der Waals surface area contributed by atoms with Gasteiger partial charge >= 0.3 is 6.09 Å². The van der Waals surface area contributed by atoms with E-state index in [1.807, 2.05) is 26.2 Å². The molecule has 3 heterocycles. The van der Waals surface area contributed by atoms with Gasteiger partial charge in [0.25, 0.3) is 5.79 Å². The van der Waals surface area contributed by atoms with E-state index in [1.165, 1.54) is 16.2 Å². The molecule has 8 heteroatoms. The number of rotatable bonds is 2. The summed E-state index contributed by atoms with van der Waals surface area (Å²) >= 11 is 1.43. The highest BCUT2D eigenvalue weighted by Crippen LogP contribution is 2.37. The molecule has 120 valence electrons. The Morgan fingerprint density at radius 2 is 2.36 bits per heavy atom. The van der Waals surface area contributed by atoms with Crippen LogP contribution in [0.4, 0.5) is 4.79 Å². The van der Waals surface area contributed by atoms with Gasteiger partial charge in [-0.15, -0.1) is 11.3 Å². The Bertz CT molecular complexity index is 596. The van der Waals surface area contributed by atoms with Crippen molar-refractivity contribution in [2.45, 2.75) is 51.0 Å². The van der Waals surface area contributed by atoms with Gasteiger partial charge in [-0.2, -0.15) is 0 Å². The lowest BCUT2D eigenvalue weighted by Crippen LogP contribution is -2.63. The van der Waals surface area contributed by atoms with E-state index in [1.54, 1.807) is 6.20 Å². The molecule has 1 fully saturated rings. The molecular weight excluding hydrogens is 306 g/mol. The molecule has 1 saturated heterocycles. The van der Waals surface area contributed by atoms with Crippen molar-refractivity contribution in [1.29, 1.82) is 0 Å². The zero-order valence-electron chi connectivity index (χ0n) is 12.8. The van der Waals surface area contributed by atoms with Crippen LogP contribution in [0.15, 0.2) is 16.7 Å². The third-order valence-corrected chi connectivity index (χ3v) is 4.40. The zero-order chi connectivity index (χ0) is 16.0. The first-order chi connectivity index (χ1) is 10.3. The summed E-state index contributed by atoms with van der Waals surface area (Å²) in [5.41, 5.74) is 0.0346. The van der Waals surface area contributed by atoms with Crippen LogP contribution >= 0.6 is 11.3 Å². The minimum Gasteiger partial charge on any atom is -0.444 e. The van der Waals surface area contributed by atoms with E-state index >= 15 is 0 Å². The molecule has 1 unspecified atom stereocenters. The maximum Gasteiger partial charge on any atom is 0.410 e. The van der Waals surface area contributed by atoms with E-state index in [-0.39, 0.29) is 6.42 Å². The number of nitrogens with zero attached hydrogens (tertiary/aromatic N) is 3. The molecule has 0 radical (unpaired) electrons. The maximum atomic E-state index is 12.1. The van der Waals surface area contributed by atoms with Gasteiger partial charge < -0.3 is 14.7 Å². The van der Waals surface area contributed by atoms with Gasteiger partial charge in [0.2, 0.25) is 0 Å². The van der Waals surface area contributed by atoms with Crippen LogP contribution < -0.4 is 0 Å². The fourth-order valence-corrected chi connectivity index (χ4v) is 3.11. The van der Waals surface area contributed by atoms with Crippen LogP contribution in [-0.2, 0) is 9.57 Å². The molecule has 1 amide bonds. The predicted octanol–water partition coefficient (Wildman–Crippen LogP) is 1.97. The third kappa shape index (κ3) is 2.80. The van der Waals surface area contributed by atoms with Crippen molar-refractivity contribution in [3.8, 4) is 0 Å². The van der Waals surface area contributed by atoms with Crippen LogP contribution in [-0.4, -0.2) is 50.8 Å². The SMILES string of the molecule is CC(C)(C)OC(=O)N1CC[C@H]1C1(O)CC(c2nccs2)=NO1. The van der Waals surface area contributed by atoms with Crippen molar-refractivity contribution >= 4 is 23.1 Å². The number of aliphatic hydroxyl groups is 1. The number of hydrogen-bond donors (Lipinski definition) is 1. The number of amides is 1. The quantitative estimate of drug-likeness (QED) is 0.898. The highest BCUT2D eigenvalue weighted by Gasteiger charge is 2.54. The monoisotopic (exact) mass is 325 g/mol. The van der Waals surface area contributed by atoms with Crippen molar-refractivity contribution < 1.29 is 19.5 Å². The minimum absolute atomic E-state index is 0.213. The second kappa shape index (κ2) is 5.20. The Kier molecular flexibility index (Phi) is 3.60. The van der Waals surface area contributed by atoms with E-state index in [9.17, 15) is 9.90 Å². The number of hydrogen-bond acceptors (Lipinski definition) is 7. The van der Waals surface area contributed by atoms with Crippen molar-refractivity contribution in [3.05, 3.63) is 16.6 Å². The molecule has 1 aromatic rings. The van der Waals surface area contributed by atoms with Crippen LogP contribution in [0.2, 0.25) is 0 Å². The molecule has 1 aromatic heterocycles. The van der Waals surface area contributed by atoms with Crippen molar-refractivity contribution in [2.75, 3.05) is 6.54 Å². The highest BCUT2D eigenvalue weighted by atomic mass is 32.1. The van der Waals surface area contributed by atoms with Gasteiger partial charge in [0.1, 0.15) is 22.4 Å². The van der Waals surface area contributed by atoms with E-state index in [0.717, 1.165) is 5.01 Å². The van der Waals surface area contributed by atoms with Crippen LogP contribution in [0.1, 0.15) is 38.6 Å². The molecule has 1 N–H and O–H groups in total. The number of carbonyl (C=O) groups is 1. The first-order valence-corrected chi connectivity index (χ1v) is 8.03. The van der Waals surface area contributed by atoms with E-state index < -0.39 is 23.5 Å². The molecular formula is C14H19N3O4S. The molecule has 0 aliphatic carbocycles. The molecule has 2 aliphatic heterocycles. The number of likely N-dealkylation sites (tertiary alicyclic amines) is 1. The summed E-state index contributed by atoms with van der Waals surface area (Å²) in [6, 6.07) is -0.455. The number of oxime groups is 1. The van der Waals surface area contributed by atoms with Gasteiger partial charge in [0.05, 0.1) is 6.42 Å². The summed E-state index contributed by atoms with van der Waals surface area (Å²) in [7, 11) is 0. The standard InChI is InChI=1S/C14H19N3O4S/c1-13(2,3)20-12(18)17-6-4-10(17)14(19)8-9(16-21-14)11-15-5-7-22-11/h5,7,10,19H,4,6,8H2,1-3H3/t10-,14?/m0/s1. The number of carbonyl (C=O) groups excluding carboxylic acids is 1. The molecule has 3 rings (SSSR count). The van der Waals surface area contributed by atoms with Crippen LogP contribution in [0.3, 0.4) is 0 Å². The fourth-order valence-electron chi connectivity index (χ4n) is 2.49. The lowest BCUT2D eigenvalue weighted by atomic mass is 9.91. The van der Waals surface area contributed by atoms with Crippen molar-refractivity contribution in [3.63, 3.8) is 0 Å². The summed E-state index contributed by atoms with van der Waals surface area (Å²) in [6.45, 7) is 5.97. The Morgan fingerprint density at radius 3 is 2.91 bits per heavy atom. The summed E-state index contributed by atoms with van der Waals surface area (Å²) in [4.78, 5) is 23.1. The Labute approximate surface area is 132 Å². The average Bonchev–Trinajstić information content (AvgIpc) is 2.93. The lowest BCUT2D eigenvalue weighted by molar-refractivity contribution is -0.240. The first kappa shape index (κ1) is 15.2. The number of aromatic nitrogens is 1. The smallest absolute Gasteiger partial charge is 0.410 e. The van der Waals surface area contributed by atoms with E-state index in [4.69, 9.17) is 9.57 Å². The van der Waals surface area contributed by atoms with Crippen molar-refractivity contribution in [1.82, 2.24) is 9.88 Å². The fraction of sp³-hybridized carbons (Fsp3) is 0.643. The van der Waals surface area contributed by atoms with Crippen LogP contribution in [0.25, 0.3) is 0 Å². The Morgan fingerprint density at radius 1 is 1.59 bits per heavy atom. The van der Waals surface area contributed by atoms with Gasteiger partial charge in [-0.05, 0) is 27.2 Å². The molecule has 7 nitrogen and oxygen atoms in total. The molecule has 0 bridgehead atoms. The first-order valence-electron chi connectivity index (χ1n) is 7.15. The highest BCUT2D eigenvalue weighted by molar-refractivity contribution is 7.11. The molecule has 22 heavy (non-hydrogen) atoms. The summed E-state index contributed by atoms with van der Waals surface area (Å²) in [5.74, 6) is -1.50. The normalized spacial score (nSPS) is 27.9. The van der Waals surface area contributed by atoms with Gasteiger partial charge in [-0.3, -0.25) is 4.90 Å². The van der Waals surface area contributed by atoms with E-state index in [0.29, 0.717) is 18.7 Å². The topological polar surface area (TPSA) is 84.2 Å². The third-order valence-electron chi connectivity index (χ3n) is 3.58. The summed E-state index contributed by atoms with van der Waals surface area (Å²) in [5, 5.41) is 17.2. The van der Waals surface area contributed by atoms with Crippen LogP contribution in [0.5, 0.6) is 0 Å². The Balaban J connectivity index is 1.66. The summed E-state index contributed by atoms with van der Waals surface area (Å²) < 4.78 is 5.35. The minimum atomic E-state index is -1.50. The largest absolute Gasteiger partial charge is 0.444 e. The van der Waals surface area contributed by atoms with Crippen LogP contribution in [0, 0.1) is 0 Å². The molecule has 2 aliphatic rings. The summed E-state index contributed by atoms with van der Waals surface area (Å²) in [6.07, 6.45) is 2.10. The molecule has 0 aromatic carbocycles. The van der Waals surface area contributed by atoms with Gasteiger partial charge in [-0.1, -0.05) is 5.16 Å². The molecule has 0 saturated carbocycles. The number of thiazole rings is 1. The second-order valence-electron chi connectivity index (χ2n) is 6.47.